The number of nitrogens with zero attached hydrogens (tertiary/aromatic N) is 2. The van der Waals surface area contributed by atoms with Gasteiger partial charge in [0.05, 0.1) is 11.4 Å². The van der Waals surface area contributed by atoms with E-state index in [4.69, 9.17) is 4.74 Å². The van der Waals surface area contributed by atoms with Crippen LogP contribution in [0.5, 0.6) is 5.75 Å². The van der Waals surface area contributed by atoms with Crippen molar-refractivity contribution in [1.82, 2.24) is 0 Å². The van der Waals surface area contributed by atoms with Crippen molar-refractivity contribution in [3.63, 3.8) is 0 Å². The number of benzene rings is 2. The van der Waals surface area contributed by atoms with Crippen LogP contribution in [0.4, 0.5) is 11.4 Å². The van der Waals surface area contributed by atoms with E-state index >= 15 is 0 Å². The number of rotatable bonds is 7. The van der Waals surface area contributed by atoms with Crippen molar-refractivity contribution < 1.29 is 4.74 Å². The predicted molar refractivity (Wildman–Crippen MR) is 88.3 cm³/mol. The first-order valence-electron chi connectivity index (χ1n) is 6.32. The third-order valence-corrected chi connectivity index (χ3v) is 4.46. The minimum absolute atomic E-state index is 0.656. The highest BCUT2D eigenvalue weighted by Crippen LogP contribution is 2.24. The molecule has 0 radical (unpaired) electrons. The topological polar surface area (TPSA) is 34.0 Å². The molecule has 2 rings (SSSR count). The molecule has 0 saturated heterocycles. The molecule has 0 unspecified atom stereocenters. The van der Waals surface area contributed by atoms with Crippen LogP contribution in [0.1, 0.15) is 6.92 Å². The molecule has 2 aromatic rings. The Hall–Kier alpha value is -1.46. The zero-order valence-electron chi connectivity index (χ0n) is 11.2. The summed E-state index contributed by atoms with van der Waals surface area (Å²) in [6.45, 7) is 2.13. The van der Waals surface area contributed by atoms with Gasteiger partial charge in [0.15, 0.2) is 0 Å². The Bertz CT molecular complexity index is 529. The van der Waals surface area contributed by atoms with Gasteiger partial charge in [-0.1, -0.05) is 46.7 Å². The van der Waals surface area contributed by atoms with Crippen molar-refractivity contribution in [2.24, 2.45) is 10.2 Å². The van der Waals surface area contributed by atoms with Gasteiger partial charge in [0, 0.05) is 5.75 Å². The van der Waals surface area contributed by atoms with Crippen LogP contribution >= 0.6 is 21.6 Å². The molecule has 0 saturated carbocycles. The van der Waals surface area contributed by atoms with Crippen molar-refractivity contribution in [3.8, 4) is 5.75 Å². The Kier molecular flexibility index (Phi) is 6.47. The van der Waals surface area contributed by atoms with Crippen LogP contribution < -0.4 is 4.74 Å². The molecule has 2 aromatic carbocycles. The first kappa shape index (κ1) is 14.9. The number of ether oxygens (including phenoxy) is 1. The zero-order valence-corrected chi connectivity index (χ0v) is 12.9. The highest BCUT2D eigenvalue weighted by molar-refractivity contribution is 8.76. The molecule has 0 spiro atoms. The van der Waals surface area contributed by atoms with Gasteiger partial charge >= 0.3 is 0 Å². The van der Waals surface area contributed by atoms with Crippen LogP contribution in [0.3, 0.4) is 0 Å². The average molecular weight is 304 g/mol. The molecule has 0 aliphatic rings. The number of azo groups is 1. The normalized spacial score (nSPS) is 10.8. The van der Waals surface area contributed by atoms with Crippen molar-refractivity contribution in [2.75, 3.05) is 11.7 Å². The molecule has 3 nitrogen and oxygen atoms in total. The second kappa shape index (κ2) is 8.66. The van der Waals surface area contributed by atoms with Crippen LogP contribution in [0.25, 0.3) is 0 Å². The van der Waals surface area contributed by atoms with Crippen molar-refractivity contribution in [1.29, 1.82) is 0 Å². The molecule has 5 heteroatoms. The van der Waals surface area contributed by atoms with Gasteiger partial charge < -0.3 is 4.74 Å². The van der Waals surface area contributed by atoms with E-state index in [0.29, 0.717) is 5.94 Å². The maximum Gasteiger partial charge on any atom is 0.144 e. The summed E-state index contributed by atoms with van der Waals surface area (Å²) in [5, 5.41) is 8.36. The lowest BCUT2D eigenvalue weighted by molar-refractivity contribution is 0.394. The fraction of sp³-hybridized carbons (Fsp3) is 0.200. The Labute approximate surface area is 127 Å². The van der Waals surface area contributed by atoms with E-state index < -0.39 is 0 Å². The number of hydrogen-bond acceptors (Lipinski definition) is 5. The van der Waals surface area contributed by atoms with E-state index in [-0.39, 0.29) is 0 Å². The SMILES string of the molecule is CCSSCOc1ccc(/N=N/c2ccccc2)cc1. The highest BCUT2D eigenvalue weighted by Gasteiger charge is 1.95. The molecule has 0 fully saturated rings. The van der Waals surface area contributed by atoms with Crippen LogP contribution in [0, 0.1) is 0 Å². The molecule has 0 aliphatic carbocycles. The van der Waals surface area contributed by atoms with Crippen LogP contribution in [0.2, 0.25) is 0 Å². The molecule has 20 heavy (non-hydrogen) atoms. The molecule has 0 amide bonds. The second-order valence-corrected chi connectivity index (χ2v) is 6.51. The molecule has 0 bridgehead atoms. The minimum Gasteiger partial charge on any atom is -0.482 e. The molecule has 104 valence electrons. The van der Waals surface area contributed by atoms with E-state index in [0.717, 1.165) is 22.9 Å². The van der Waals surface area contributed by atoms with Gasteiger partial charge in [0.2, 0.25) is 0 Å². The fourth-order valence-electron chi connectivity index (χ4n) is 1.43. The maximum absolute atomic E-state index is 5.60. The Morgan fingerprint density at radius 1 is 0.850 bits per heavy atom. The lowest BCUT2D eigenvalue weighted by Crippen LogP contribution is -1.90. The van der Waals surface area contributed by atoms with Crippen molar-refractivity contribution in [3.05, 3.63) is 54.6 Å². The average Bonchev–Trinajstić information content (AvgIpc) is 2.52. The molecular weight excluding hydrogens is 288 g/mol. The summed E-state index contributed by atoms with van der Waals surface area (Å²) in [5.74, 6) is 2.60. The van der Waals surface area contributed by atoms with Gasteiger partial charge in [0.1, 0.15) is 11.7 Å². The summed E-state index contributed by atoms with van der Waals surface area (Å²) >= 11 is 0. The molecular formula is C15H16N2OS2. The molecule has 0 heterocycles. The van der Waals surface area contributed by atoms with Gasteiger partial charge in [-0.15, -0.1) is 0 Å². The zero-order chi connectivity index (χ0) is 14.0. The van der Waals surface area contributed by atoms with Crippen molar-refractivity contribution >= 4 is 33.0 Å². The monoisotopic (exact) mass is 304 g/mol. The largest absolute Gasteiger partial charge is 0.482 e. The Morgan fingerprint density at radius 2 is 1.50 bits per heavy atom. The third kappa shape index (κ3) is 5.27. The van der Waals surface area contributed by atoms with Crippen LogP contribution in [-0.2, 0) is 0 Å². The summed E-state index contributed by atoms with van der Waals surface area (Å²) < 4.78 is 5.60. The number of hydrogen-bond donors (Lipinski definition) is 0. The van der Waals surface area contributed by atoms with Gasteiger partial charge in [-0.05, 0) is 36.4 Å². The molecule has 0 aliphatic heterocycles. The summed E-state index contributed by atoms with van der Waals surface area (Å²) in [5.41, 5.74) is 1.66. The first-order valence-corrected chi connectivity index (χ1v) is 8.81. The highest BCUT2D eigenvalue weighted by atomic mass is 33.1. The lowest BCUT2D eigenvalue weighted by atomic mass is 10.3. The fourth-order valence-corrected chi connectivity index (χ4v) is 2.70. The standard InChI is InChI=1S/C15H16N2OS2/c1-2-19-20-12-18-15-10-8-14(9-11-15)17-16-13-6-4-3-5-7-13/h3-11H,2,12H2,1H3/b17-16+. The van der Waals surface area contributed by atoms with Gasteiger partial charge in [-0.2, -0.15) is 10.2 Å². The van der Waals surface area contributed by atoms with Crippen LogP contribution in [0.15, 0.2) is 64.8 Å². The third-order valence-electron chi connectivity index (χ3n) is 2.35. The molecule has 0 aromatic heterocycles. The van der Waals surface area contributed by atoms with E-state index in [1.807, 2.05) is 54.6 Å². The summed E-state index contributed by atoms with van der Waals surface area (Å²) in [6, 6.07) is 17.3. The quantitative estimate of drug-likeness (QED) is 0.279. The first-order chi connectivity index (χ1) is 9.88. The van der Waals surface area contributed by atoms with Gasteiger partial charge in [0.25, 0.3) is 0 Å². The van der Waals surface area contributed by atoms with Gasteiger partial charge in [-0.3, -0.25) is 0 Å². The second-order valence-electron chi connectivity index (χ2n) is 3.82. The maximum atomic E-state index is 5.60. The summed E-state index contributed by atoms with van der Waals surface area (Å²) in [6.07, 6.45) is 0. The molecule has 0 N–H and O–H groups in total. The van der Waals surface area contributed by atoms with E-state index in [2.05, 4.69) is 17.2 Å². The van der Waals surface area contributed by atoms with E-state index in [9.17, 15) is 0 Å². The summed E-state index contributed by atoms with van der Waals surface area (Å²) in [7, 11) is 3.51. The smallest absolute Gasteiger partial charge is 0.144 e. The van der Waals surface area contributed by atoms with E-state index in [1.54, 1.807) is 21.6 Å². The van der Waals surface area contributed by atoms with E-state index in [1.165, 1.54) is 0 Å². The van der Waals surface area contributed by atoms with Crippen LogP contribution in [-0.4, -0.2) is 11.7 Å². The predicted octanol–water partition coefficient (Wildman–Crippen LogP) is 5.84. The Balaban J connectivity index is 1.87. The summed E-state index contributed by atoms with van der Waals surface area (Å²) in [4.78, 5) is 0. The Morgan fingerprint density at radius 3 is 2.15 bits per heavy atom. The lowest BCUT2D eigenvalue weighted by Gasteiger charge is -2.04. The van der Waals surface area contributed by atoms with Crippen molar-refractivity contribution in [2.45, 2.75) is 6.92 Å². The minimum atomic E-state index is 0.656. The molecule has 0 atom stereocenters. The van der Waals surface area contributed by atoms with Gasteiger partial charge in [-0.25, -0.2) is 0 Å².